The zero-order valence-corrected chi connectivity index (χ0v) is 17.4. The molecule has 2 N–H and O–H groups in total. The fourth-order valence-electron chi connectivity index (χ4n) is 2.95. The van der Waals surface area contributed by atoms with Crippen molar-refractivity contribution in [2.45, 2.75) is 12.8 Å². The molecular formula is C21H22ClN3O3S. The molecule has 8 heteroatoms. The van der Waals surface area contributed by atoms with Crippen molar-refractivity contribution in [1.82, 2.24) is 10.2 Å². The van der Waals surface area contributed by atoms with Crippen LogP contribution in [0.15, 0.2) is 48.5 Å². The second-order valence-electron chi connectivity index (χ2n) is 6.58. The number of carbonyl (C=O) groups excluding carboxylic acids is 2. The highest BCUT2D eigenvalue weighted by Crippen LogP contribution is 2.16. The van der Waals surface area contributed by atoms with Gasteiger partial charge >= 0.3 is 0 Å². The zero-order valence-electron chi connectivity index (χ0n) is 15.8. The first kappa shape index (κ1) is 21.2. The fraction of sp³-hybridized carbons (Fsp3) is 0.286. The summed E-state index contributed by atoms with van der Waals surface area (Å²) in [5.41, 5.74) is 2.22. The van der Waals surface area contributed by atoms with Gasteiger partial charge in [-0.15, -0.1) is 0 Å². The molecular weight excluding hydrogens is 410 g/mol. The molecule has 0 aliphatic carbocycles. The molecule has 0 aromatic heterocycles. The molecule has 2 aromatic carbocycles. The van der Waals surface area contributed by atoms with Gasteiger partial charge in [0, 0.05) is 35.8 Å². The van der Waals surface area contributed by atoms with Crippen molar-refractivity contribution in [3.63, 3.8) is 0 Å². The Labute approximate surface area is 180 Å². The Hall–Kier alpha value is -2.48. The number of nitrogens with zero attached hydrogens (tertiary/aromatic N) is 1. The lowest BCUT2D eigenvalue weighted by Gasteiger charge is -2.26. The summed E-state index contributed by atoms with van der Waals surface area (Å²) in [5.74, 6) is -0.211. The molecule has 0 bridgehead atoms. The molecule has 1 saturated heterocycles. The highest BCUT2D eigenvalue weighted by molar-refractivity contribution is 7.80. The fourth-order valence-corrected chi connectivity index (χ4v) is 3.41. The quantitative estimate of drug-likeness (QED) is 0.711. The number of aryl methyl sites for hydroxylation is 1. The molecule has 1 aliphatic heterocycles. The molecule has 29 heavy (non-hydrogen) atoms. The Balaban J connectivity index is 1.47. The van der Waals surface area contributed by atoms with Gasteiger partial charge in [0.05, 0.1) is 13.2 Å². The van der Waals surface area contributed by atoms with Gasteiger partial charge in [-0.25, -0.2) is 0 Å². The largest absolute Gasteiger partial charge is 0.378 e. The van der Waals surface area contributed by atoms with Crippen LogP contribution in [0, 0.1) is 0 Å². The number of rotatable bonds is 5. The second-order valence-corrected chi connectivity index (χ2v) is 7.39. The third kappa shape index (κ3) is 6.25. The number of nitrogens with one attached hydrogen (secondary N) is 2. The molecule has 6 nitrogen and oxygen atoms in total. The van der Waals surface area contributed by atoms with Crippen molar-refractivity contribution in [3.05, 3.63) is 64.7 Å². The van der Waals surface area contributed by atoms with Gasteiger partial charge in [-0.2, -0.15) is 0 Å². The summed E-state index contributed by atoms with van der Waals surface area (Å²) in [6.07, 6.45) is 0.811. The number of hydrogen-bond donors (Lipinski definition) is 2. The second kappa shape index (κ2) is 10.3. The molecule has 0 spiro atoms. The molecule has 2 amide bonds. The number of anilines is 1. The highest BCUT2D eigenvalue weighted by Gasteiger charge is 2.18. The van der Waals surface area contributed by atoms with E-state index in [-0.39, 0.29) is 23.3 Å². The van der Waals surface area contributed by atoms with Crippen LogP contribution in [-0.2, 0) is 16.0 Å². The number of amides is 2. The Kier molecular flexibility index (Phi) is 7.57. The van der Waals surface area contributed by atoms with Crippen LogP contribution in [0.5, 0.6) is 0 Å². The molecule has 152 valence electrons. The lowest BCUT2D eigenvalue weighted by molar-refractivity contribution is -0.119. The van der Waals surface area contributed by atoms with E-state index in [1.165, 1.54) is 0 Å². The van der Waals surface area contributed by atoms with E-state index in [9.17, 15) is 9.59 Å². The SMILES string of the molecule is O=C(CCc1ccccc1Cl)NC(=S)Nc1ccc(C(=O)N2CCOCC2)cc1. The topological polar surface area (TPSA) is 70.7 Å². The van der Waals surface area contributed by atoms with Crippen LogP contribution in [0.1, 0.15) is 22.3 Å². The van der Waals surface area contributed by atoms with E-state index in [0.29, 0.717) is 49.0 Å². The summed E-state index contributed by atoms with van der Waals surface area (Å²) in [4.78, 5) is 26.3. The van der Waals surface area contributed by atoms with Crippen LogP contribution >= 0.6 is 23.8 Å². The lowest BCUT2D eigenvalue weighted by Crippen LogP contribution is -2.40. The van der Waals surface area contributed by atoms with Crippen LogP contribution in [0.4, 0.5) is 5.69 Å². The number of halogens is 1. The Morgan fingerprint density at radius 3 is 2.45 bits per heavy atom. The Morgan fingerprint density at radius 2 is 1.76 bits per heavy atom. The Morgan fingerprint density at radius 1 is 1.07 bits per heavy atom. The molecule has 0 radical (unpaired) electrons. The van der Waals surface area contributed by atoms with Crippen molar-refractivity contribution in [2.75, 3.05) is 31.6 Å². The summed E-state index contributed by atoms with van der Waals surface area (Å²) in [6, 6.07) is 14.4. The third-order valence-corrected chi connectivity index (χ3v) is 5.09. The predicted molar refractivity (Wildman–Crippen MR) is 117 cm³/mol. The maximum Gasteiger partial charge on any atom is 0.254 e. The summed E-state index contributed by atoms with van der Waals surface area (Å²) < 4.78 is 5.27. The number of hydrogen-bond acceptors (Lipinski definition) is 4. The first-order chi connectivity index (χ1) is 14.0. The molecule has 0 atom stereocenters. The normalized spacial score (nSPS) is 13.6. The van der Waals surface area contributed by atoms with Gasteiger partial charge in [0.1, 0.15) is 0 Å². The minimum absolute atomic E-state index is 0.0182. The number of thiocarbonyl (C=S) groups is 1. The van der Waals surface area contributed by atoms with E-state index >= 15 is 0 Å². The van der Waals surface area contributed by atoms with Gasteiger partial charge in [0.15, 0.2) is 5.11 Å². The number of morpholine rings is 1. The monoisotopic (exact) mass is 431 g/mol. The van der Waals surface area contributed by atoms with Gasteiger partial charge in [-0.1, -0.05) is 29.8 Å². The summed E-state index contributed by atoms with van der Waals surface area (Å²) in [5, 5.41) is 6.47. The summed E-state index contributed by atoms with van der Waals surface area (Å²) >= 11 is 11.3. The van der Waals surface area contributed by atoms with E-state index < -0.39 is 0 Å². The Bertz CT molecular complexity index is 883. The van der Waals surface area contributed by atoms with E-state index in [1.807, 2.05) is 18.2 Å². The van der Waals surface area contributed by atoms with Crippen LogP contribution in [0.3, 0.4) is 0 Å². The van der Waals surface area contributed by atoms with Crippen LogP contribution < -0.4 is 10.6 Å². The maximum absolute atomic E-state index is 12.4. The van der Waals surface area contributed by atoms with Gasteiger partial charge in [0.2, 0.25) is 5.91 Å². The molecule has 3 rings (SSSR count). The smallest absolute Gasteiger partial charge is 0.254 e. The highest BCUT2D eigenvalue weighted by atomic mass is 35.5. The summed E-state index contributed by atoms with van der Waals surface area (Å²) in [6.45, 7) is 2.33. The van der Waals surface area contributed by atoms with Crippen molar-refractivity contribution in [3.8, 4) is 0 Å². The minimum Gasteiger partial charge on any atom is -0.378 e. The molecule has 1 heterocycles. The van der Waals surface area contributed by atoms with Crippen molar-refractivity contribution < 1.29 is 14.3 Å². The molecule has 1 aliphatic rings. The van der Waals surface area contributed by atoms with Crippen LogP contribution in [-0.4, -0.2) is 48.1 Å². The van der Waals surface area contributed by atoms with E-state index in [4.69, 9.17) is 28.6 Å². The van der Waals surface area contributed by atoms with Gasteiger partial charge in [-0.3, -0.25) is 9.59 Å². The number of benzene rings is 2. The van der Waals surface area contributed by atoms with Crippen LogP contribution in [0.25, 0.3) is 0 Å². The molecule has 1 fully saturated rings. The van der Waals surface area contributed by atoms with Crippen molar-refractivity contribution in [2.24, 2.45) is 0 Å². The average Bonchev–Trinajstić information content (AvgIpc) is 2.74. The predicted octanol–water partition coefficient (Wildman–Crippen LogP) is 3.26. The van der Waals surface area contributed by atoms with Gasteiger partial charge < -0.3 is 20.3 Å². The minimum atomic E-state index is -0.193. The third-order valence-electron chi connectivity index (χ3n) is 4.52. The molecule has 0 unspecified atom stereocenters. The first-order valence-corrected chi connectivity index (χ1v) is 10.1. The first-order valence-electron chi connectivity index (χ1n) is 9.34. The van der Waals surface area contributed by atoms with Crippen molar-refractivity contribution in [1.29, 1.82) is 0 Å². The van der Waals surface area contributed by atoms with E-state index in [1.54, 1.807) is 35.2 Å². The van der Waals surface area contributed by atoms with Gasteiger partial charge in [0.25, 0.3) is 5.91 Å². The summed E-state index contributed by atoms with van der Waals surface area (Å²) in [7, 11) is 0. The maximum atomic E-state index is 12.4. The number of carbonyl (C=O) groups is 2. The lowest BCUT2D eigenvalue weighted by atomic mass is 10.1. The van der Waals surface area contributed by atoms with Gasteiger partial charge in [-0.05, 0) is 54.5 Å². The average molecular weight is 432 g/mol. The van der Waals surface area contributed by atoms with Crippen molar-refractivity contribution >= 4 is 46.4 Å². The number of ether oxygens (including phenoxy) is 1. The van der Waals surface area contributed by atoms with E-state index in [0.717, 1.165) is 5.56 Å². The van der Waals surface area contributed by atoms with E-state index in [2.05, 4.69) is 10.6 Å². The molecule has 2 aromatic rings. The molecule has 0 saturated carbocycles. The zero-order chi connectivity index (χ0) is 20.6. The van der Waals surface area contributed by atoms with Crippen LogP contribution in [0.2, 0.25) is 5.02 Å². The standard InChI is InChI=1S/C21H22ClN3O3S/c22-18-4-2-1-3-15(18)7-10-19(26)24-21(29)23-17-8-5-16(6-9-17)20(27)25-11-13-28-14-12-25/h1-6,8-9H,7,10-14H2,(H2,23,24,26,29).